The molecule has 0 spiro atoms. The summed E-state index contributed by atoms with van der Waals surface area (Å²) in [5.74, 6) is 0.942. The van der Waals surface area contributed by atoms with Gasteiger partial charge in [0.2, 0.25) is 0 Å². The minimum absolute atomic E-state index is 0. The molecule has 3 nitrogen and oxygen atoms in total. The summed E-state index contributed by atoms with van der Waals surface area (Å²) in [6.07, 6.45) is 9.07. The van der Waals surface area contributed by atoms with Crippen molar-refractivity contribution in [2.24, 2.45) is 4.99 Å². The molecular weight excluding hydrogens is 373 g/mol. The first-order valence-corrected chi connectivity index (χ1v) is 7.93. The second-order valence-electron chi connectivity index (χ2n) is 6.01. The van der Waals surface area contributed by atoms with Crippen LogP contribution in [-0.4, -0.2) is 19.0 Å². The van der Waals surface area contributed by atoms with E-state index in [4.69, 9.17) is 0 Å². The van der Waals surface area contributed by atoms with Gasteiger partial charge in [-0.15, -0.1) is 24.0 Å². The van der Waals surface area contributed by atoms with E-state index in [0.29, 0.717) is 6.04 Å². The normalized spacial score (nSPS) is 18.2. The highest BCUT2D eigenvalue weighted by Crippen LogP contribution is 2.22. The third kappa shape index (κ3) is 4.34. The lowest BCUT2D eigenvalue weighted by Crippen LogP contribution is -2.41. The van der Waals surface area contributed by atoms with E-state index in [0.717, 1.165) is 12.5 Å². The average molecular weight is 399 g/mol. The summed E-state index contributed by atoms with van der Waals surface area (Å²) in [4.78, 5) is 4.33. The van der Waals surface area contributed by atoms with Crippen LogP contribution in [0.1, 0.15) is 48.8 Å². The molecule has 1 aromatic rings. The van der Waals surface area contributed by atoms with Crippen molar-refractivity contribution in [2.45, 2.75) is 57.5 Å². The molecule has 116 valence electrons. The summed E-state index contributed by atoms with van der Waals surface area (Å²) in [5, 5.41) is 6.97. The van der Waals surface area contributed by atoms with Gasteiger partial charge in [-0.25, -0.2) is 0 Å². The predicted molar refractivity (Wildman–Crippen MR) is 99.5 cm³/mol. The first-order chi connectivity index (χ1) is 9.85. The summed E-state index contributed by atoms with van der Waals surface area (Å²) in [7, 11) is 1.85. The molecule has 2 aliphatic carbocycles. The summed E-state index contributed by atoms with van der Waals surface area (Å²) >= 11 is 0. The molecule has 0 unspecified atom stereocenters. The number of rotatable bonds is 3. The molecule has 0 bridgehead atoms. The lowest BCUT2D eigenvalue weighted by molar-refractivity contribution is 0.613. The van der Waals surface area contributed by atoms with E-state index in [1.54, 1.807) is 11.1 Å². The maximum absolute atomic E-state index is 4.33. The Hall–Kier alpha value is -0.780. The molecule has 1 fully saturated rings. The Morgan fingerprint density at radius 1 is 1.14 bits per heavy atom. The van der Waals surface area contributed by atoms with Gasteiger partial charge in [-0.1, -0.05) is 31.0 Å². The van der Waals surface area contributed by atoms with Crippen molar-refractivity contribution in [3.05, 3.63) is 34.9 Å². The first kappa shape index (κ1) is 16.6. The molecular formula is C17H26IN3. The van der Waals surface area contributed by atoms with Crippen molar-refractivity contribution in [1.29, 1.82) is 0 Å². The van der Waals surface area contributed by atoms with Crippen molar-refractivity contribution >= 4 is 29.9 Å². The van der Waals surface area contributed by atoms with Crippen molar-refractivity contribution < 1.29 is 0 Å². The third-order valence-corrected chi connectivity index (χ3v) is 4.54. The second-order valence-corrected chi connectivity index (χ2v) is 6.01. The first-order valence-electron chi connectivity index (χ1n) is 7.93. The van der Waals surface area contributed by atoms with Gasteiger partial charge in [0, 0.05) is 19.6 Å². The molecule has 0 aliphatic heterocycles. The van der Waals surface area contributed by atoms with E-state index in [9.17, 15) is 0 Å². The quantitative estimate of drug-likeness (QED) is 0.465. The van der Waals surface area contributed by atoms with E-state index in [1.807, 2.05) is 7.05 Å². The van der Waals surface area contributed by atoms with Crippen LogP contribution >= 0.6 is 24.0 Å². The molecule has 21 heavy (non-hydrogen) atoms. The Labute approximate surface area is 145 Å². The van der Waals surface area contributed by atoms with Gasteiger partial charge in [0.1, 0.15) is 0 Å². The van der Waals surface area contributed by atoms with Crippen LogP contribution in [0, 0.1) is 0 Å². The zero-order valence-corrected chi connectivity index (χ0v) is 15.2. The molecule has 1 saturated carbocycles. The van der Waals surface area contributed by atoms with Gasteiger partial charge in [0.25, 0.3) is 0 Å². The Kier molecular flexibility index (Phi) is 6.33. The summed E-state index contributed by atoms with van der Waals surface area (Å²) in [5.41, 5.74) is 4.45. The number of hydrogen-bond acceptors (Lipinski definition) is 1. The van der Waals surface area contributed by atoms with E-state index >= 15 is 0 Å². The molecule has 0 aromatic heterocycles. The van der Waals surface area contributed by atoms with Crippen LogP contribution in [0.3, 0.4) is 0 Å². The predicted octanol–water partition coefficient (Wildman–Crippen LogP) is 3.40. The second kappa shape index (κ2) is 8.01. The Balaban J connectivity index is 0.00000161. The smallest absolute Gasteiger partial charge is 0.191 e. The fraction of sp³-hybridized carbons (Fsp3) is 0.588. The van der Waals surface area contributed by atoms with Gasteiger partial charge >= 0.3 is 0 Å². The monoisotopic (exact) mass is 399 g/mol. The lowest BCUT2D eigenvalue weighted by atomic mass is 10.1. The van der Waals surface area contributed by atoms with Gasteiger partial charge in [0.15, 0.2) is 5.96 Å². The molecule has 0 saturated heterocycles. The Morgan fingerprint density at radius 3 is 2.67 bits per heavy atom. The number of aliphatic imine (C=N–C) groups is 1. The van der Waals surface area contributed by atoms with Crippen LogP contribution in [0.2, 0.25) is 0 Å². The topological polar surface area (TPSA) is 36.4 Å². The summed E-state index contributed by atoms with van der Waals surface area (Å²) in [6, 6.07) is 7.52. The molecule has 2 aliphatic rings. The van der Waals surface area contributed by atoms with E-state index in [2.05, 4.69) is 33.8 Å². The van der Waals surface area contributed by atoms with Crippen molar-refractivity contribution in [3.63, 3.8) is 0 Å². The standard InChI is InChI=1S/C17H25N3.HI/c1-18-17(20-16-7-2-3-8-16)19-12-13-9-10-14-5-4-6-15(14)11-13;/h9-11,16H,2-8,12H2,1H3,(H2,18,19,20);1H. The van der Waals surface area contributed by atoms with Crippen LogP contribution in [-0.2, 0) is 19.4 Å². The van der Waals surface area contributed by atoms with Gasteiger partial charge in [-0.05, 0) is 48.8 Å². The van der Waals surface area contributed by atoms with Crippen molar-refractivity contribution in [1.82, 2.24) is 10.6 Å². The van der Waals surface area contributed by atoms with E-state index in [-0.39, 0.29) is 24.0 Å². The van der Waals surface area contributed by atoms with Crippen LogP contribution in [0.25, 0.3) is 0 Å². The zero-order chi connectivity index (χ0) is 13.8. The molecule has 3 rings (SSSR count). The Morgan fingerprint density at radius 2 is 1.90 bits per heavy atom. The summed E-state index contributed by atoms with van der Waals surface area (Å²) < 4.78 is 0. The number of nitrogens with zero attached hydrogens (tertiary/aromatic N) is 1. The van der Waals surface area contributed by atoms with Gasteiger partial charge in [0.05, 0.1) is 0 Å². The van der Waals surface area contributed by atoms with Gasteiger partial charge < -0.3 is 10.6 Å². The third-order valence-electron chi connectivity index (χ3n) is 4.54. The number of hydrogen-bond donors (Lipinski definition) is 2. The highest BCUT2D eigenvalue weighted by atomic mass is 127. The number of aryl methyl sites for hydroxylation is 2. The largest absolute Gasteiger partial charge is 0.354 e. The number of benzene rings is 1. The molecule has 4 heteroatoms. The minimum Gasteiger partial charge on any atom is -0.354 e. The fourth-order valence-corrected chi connectivity index (χ4v) is 3.38. The highest BCUT2D eigenvalue weighted by molar-refractivity contribution is 14.0. The Bertz CT molecular complexity index is 493. The van der Waals surface area contributed by atoms with Gasteiger partial charge in [-0.3, -0.25) is 4.99 Å². The SMILES string of the molecule is CN=C(NCc1ccc2c(c1)CCC2)NC1CCCC1.I. The molecule has 0 atom stereocenters. The lowest BCUT2D eigenvalue weighted by Gasteiger charge is -2.17. The number of guanidine groups is 1. The maximum Gasteiger partial charge on any atom is 0.191 e. The van der Waals surface area contributed by atoms with Crippen molar-refractivity contribution in [3.8, 4) is 0 Å². The minimum atomic E-state index is 0. The number of halogens is 1. The highest BCUT2D eigenvalue weighted by Gasteiger charge is 2.16. The zero-order valence-electron chi connectivity index (χ0n) is 12.8. The molecule has 0 radical (unpaired) electrons. The summed E-state index contributed by atoms with van der Waals surface area (Å²) in [6.45, 7) is 0.861. The van der Waals surface area contributed by atoms with Crippen molar-refractivity contribution in [2.75, 3.05) is 7.05 Å². The number of nitrogens with one attached hydrogen (secondary N) is 2. The molecule has 1 aromatic carbocycles. The molecule has 2 N–H and O–H groups in total. The molecule has 0 amide bonds. The van der Waals surface area contributed by atoms with Crippen LogP contribution in [0.4, 0.5) is 0 Å². The maximum atomic E-state index is 4.33. The van der Waals surface area contributed by atoms with Crippen LogP contribution in [0.5, 0.6) is 0 Å². The molecule has 0 heterocycles. The van der Waals surface area contributed by atoms with E-state index in [1.165, 1.54) is 50.5 Å². The fourth-order valence-electron chi connectivity index (χ4n) is 3.38. The van der Waals surface area contributed by atoms with E-state index < -0.39 is 0 Å². The van der Waals surface area contributed by atoms with Crippen LogP contribution in [0.15, 0.2) is 23.2 Å². The van der Waals surface area contributed by atoms with Crippen LogP contribution < -0.4 is 10.6 Å². The van der Waals surface area contributed by atoms with Gasteiger partial charge in [-0.2, -0.15) is 0 Å². The average Bonchev–Trinajstić information content (AvgIpc) is 3.13. The number of fused-ring (bicyclic) bond motifs is 1.